The van der Waals surface area contributed by atoms with E-state index in [2.05, 4.69) is 6.07 Å². The van der Waals surface area contributed by atoms with Gasteiger partial charge in [0.2, 0.25) is 0 Å². The smallest absolute Gasteiger partial charge is 0.154 e. The maximum atomic E-state index is 9.07. The molecule has 0 radical (unpaired) electrons. The topological polar surface area (TPSA) is 68.3 Å². The van der Waals surface area contributed by atoms with Crippen molar-refractivity contribution in [1.29, 1.82) is 5.26 Å². The molecule has 4 nitrogen and oxygen atoms in total. The third kappa shape index (κ3) is 2.78. The van der Waals surface area contributed by atoms with Crippen molar-refractivity contribution in [2.24, 2.45) is 0 Å². The minimum atomic E-state index is 0.466. The van der Waals surface area contributed by atoms with Gasteiger partial charge in [-0.05, 0) is 36.8 Å². The summed E-state index contributed by atoms with van der Waals surface area (Å²) in [6.45, 7) is 1.93. The van der Waals surface area contributed by atoms with Crippen LogP contribution >= 0.6 is 0 Å². The monoisotopic (exact) mass is 254 g/mol. The van der Waals surface area contributed by atoms with E-state index in [4.69, 9.17) is 20.5 Å². The molecule has 0 saturated carbocycles. The van der Waals surface area contributed by atoms with Crippen LogP contribution in [0.1, 0.15) is 11.1 Å². The molecule has 4 heteroatoms. The number of methoxy groups -OCH3 is 1. The van der Waals surface area contributed by atoms with Gasteiger partial charge in [0.15, 0.2) is 5.75 Å². The summed E-state index contributed by atoms with van der Waals surface area (Å²) >= 11 is 0. The van der Waals surface area contributed by atoms with Gasteiger partial charge in [0.25, 0.3) is 0 Å². The van der Waals surface area contributed by atoms with Gasteiger partial charge < -0.3 is 15.2 Å². The van der Waals surface area contributed by atoms with E-state index in [0.29, 0.717) is 28.5 Å². The number of nitrogen functional groups attached to an aromatic ring is 1. The summed E-state index contributed by atoms with van der Waals surface area (Å²) in [6.07, 6.45) is 0. The number of rotatable bonds is 3. The van der Waals surface area contributed by atoms with Gasteiger partial charge >= 0.3 is 0 Å². The highest BCUT2D eigenvalue weighted by molar-refractivity contribution is 5.58. The molecule has 0 heterocycles. The molecule has 0 atom stereocenters. The Labute approximate surface area is 112 Å². The number of anilines is 1. The number of nitriles is 1. The van der Waals surface area contributed by atoms with Crippen LogP contribution in [0.4, 0.5) is 5.69 Å². The molecule has 0 aliphatic rings. The van der Waals surface area contributed by atoms with Crippen LogP contribution in [0.15, 0.2) is 36.4 Å². The van der Waals surface area contributed by atoms with Gasteiger partial charge in [0, 0.05) is 6.07 Å². The van der Waals surface area contributed by atoms with Crippen molar-refractivity contribution < 1.29 is 9.47 Å². The standard InChI is InChI=1S/C15H14N2O2/c1-10-3-4-11(9-16)14(7-10)19-15-8-12(18-2)5-6-13(15)17/h3-8H,17H2,1-2H3. The zero-order valence-corrected chi connectivity index (χ0v) is 10.8. The molecule has 2 aromatic carbocycles. The van der Waals surface area contributed by atoms with E-state index in [1.165, 1.54) is 0 Å². The Morgan fingerprint density at radius 3 is 2.58 bits per heavy atom. The summed E-state index contributed by atoms with van der Waals surface area (Å²) in [6, 6.07) is 12.6. The molecule has 2 rings (SSSR count). The van der Waals surface area contributed by atoms with E-state index in [-0.39, 0.29) is 0 Å². The third-order valence-electron chi connectivity index (χ3n) is 2.70. The fourth-order valence-corrected chi connectivity index (χ4v) is 1.65. The molecule has 2 N–H and O–H groups in total. The molecule has 96 valence electrons. The molecule has 0 aliphatic carbocycles. The normalized spacial score (nSPS) is 9.74. The minimum absolute atomic E-state index is 0.466. The number of benzene rings is 2. The van der Waals surface area contributed by atoms with Crippen LogP contribution in [0.3, 0.4) is 0 Å². The molecule has 0 aromatic heterocycles. The van der Waals surface area contributed by atoms with Gasteiger partial charge in [-0.1, -0.05) is 6.07 Å². The second-order valence-electron chi connectivity index (χ2n) is 4.12. The van der Waals surface area contributed by atoms with Crippen molar-refractivity contribution in [3.05, 3.63) is 47.5 Å². The number of hydrogen-bond donors (Lipinski definition) is 1. The van der Waals surface area contributed by atoms with E-state index in [0.717, 1.165) is 5.56 Å². The molecule has 0 spiro atoms. The van der Waals surface area contributed by atoms with Crippen molar-refractivity contribution in [3.63, 3.8) is 0 Å². The number of hydrogen-bond acceptors (Lipinski definition) is 4. The van der Waals surface area contributed by atoms with Gasteiger partial charge in [0.05, 0.1) is 18.4 Å². The Balaban J connectivity index is 2.41. The summed E-state index contributed by atoms with van der Waals surface area (Å²) in [4.78, 5) is 0. The van der Waals surface area contributed by atoms with Gasteiger partial charge in [-0.15, -0.1) is 0 Å². The number of ether oxygens (including phenoxy) is 2. The number of nitrogens with zero attached hydrogens (tertiary/aromatic N) is 1. The highest BCUT2D eigenvalue weighted by Gasteiger charge is 2.08. The first-order valence-electron chi connectivity index (χ1n) is 5.76. The zero-order valence-electron chi connectivity index (χ0n) is 10.8. The van der Waals surface area contributed by atoms with Gasteiger partial charge in [-0.25, -0.2) is 0 Å². The molecule has 2 aromatic rings. The van der Waals surface area contributed by atoms with Crippen LogP contribution in [0.25, 0.3) is 0 Å². The van der Waals surface area contributed by atoms with Crippen LogP contribution in [0.5, 0.6) is 17.2 Å². The van der Waals surface area contributed by atoms with Crippen molar-refractivity contribution in [2.45, 2.75) is 6.92 Å². The first-order chi connectivity index (χ1) is 9.13. The molecule has 0 fully saturated rings. The second kappa shape index (κ2) is 5.32. The van der Waals surface area contributed by atoms with Crippen molar-refractivity contribution in [2.75, 3.05) is 12.8 Å². The summed E-state index contributed by atoms with van der Waals surface area (Å²) in [5.41, 5.74) is 7.83. The van der Waals surface area contributed by atoms with Crippen molar-refractivity contribution in [3.8, 4) is 23.3 Å². The quantitative estimate of drug-likeness (QED) is 0.854. The molecular weight excluding hydrogens is 240 g/mol. The second-order valence-corrected chi connectivity index (χ2v) is 4.12. The minimum Gasteiger partial charge on any atom is -0.497 e. The molecule has 0 aliphatic heterocycles. The van der Waals surface area contributed by atoms with Crippen LogP contribution in [-0.2, 0) is 0 Å². The Bertz CT molecular complexity index is 645. The fourth-order valence-electron chi connectivity index (χ4n) is 1.65. The average molecular weight is 254 g/mol. The lowest BCUT2D eigenvalue weighted by atomic mass is 10.1. The highest BCUT2D eigenvalue weighted by atomic mass is 16.5. The van der Waals surface area contributed by atoms with Crippen LogP contribution in [-0.4, -0.2) is 7.11 Å². The first kappa shape index (κ1) is 12.8. The van der Waals surface area contributed by atoms with E-state index in [1.807, 2.05) is 13.0 Å². The molecule has 19 heavy (non-hydrogen) atoms. The number of aryl methyl sites for hydroxylation is 1. The van der Waals surface area contributed by atoms with Crippen LogP contribution in [0, 0.1) is 18.3 Å². The van der Waals surface area contributed by atoms with Crippen molar-refractivity contribution >= 4 is 5.69 Å². The Morgan fingerprint density at radius 2 is 1.89 bits per heavy atom. The molecule has 0 bridgehead atoms. The summed E-state index contributed by atoms with van der Waals surface area (Å²) in [7, 11) is 1.57. The SMILES string of the molecule is COc1ccc(N)c(Oc2cc(C)ccc2C#N)c1. The lowest BCUT2D eigenvalue weighted by Crippen LogP contribution is -1.95. The van der Waals surface area contributed by atoms with Crippen LogP contribution < -0.4 is 15.2 Å². The largest absolute Gasteiger partial charge is 0.497 e. The predicted molar refractivity (Wildman–Crippen MR) is 73.4 cm³/mol. The van der Waals surface area contributed by atoms with Gasteiger partial charge in [-0.2, -0.15) is 5.26 Å². The van der Waals surface area contributed by atoms with E-state index < -0.39 is 0 Å². The Kier molecular flexibility index (Phi) is 3.58. The molecular formula is C15H14N2O2. The fraction of sp³-hybridized carbons (Fsp3) is 0.133. The lowest BCUT2D eigenvalue weighted by molar-refractivity contribution is 0.409. The highest BCUT2D eigenvalue weighted by Crippen LogP contribution is 2.33. The summed E-state index contributed by atoms with van der Waals surface area (Å²) in [5.74, 6) is 1.61. The summed E-state index contributed by atoms with van der Waals surface area (Å²) in [5, 5.41) is 9.07. The average Bonchev–Trinajstić information content (AvgIpc) is 2.41. The van der Waals surface area contributed by atoms with E-state index in [1.54, 1.807) is 37.4 Å². The Hall–Kier alpha value is -2.67. The van der Waals surface area contributed by atoms with E-state index >= 15 is 0 Å². The number of nitrogens with two attached hydrogens (primary N) is 1. The van der Waals surface area contributed by atoms with Crippen molar-refractivity contribution in [1.82, 2.24) is 0 Å². The zero-order chi connectivity index (χ0) is 13.8. The third-order valence-corrected chi connectivity index (χ3v) is 2.70. The predicted octanol–water partition coefficient (Wildman–Crippen LogP) is 3.25. The molecule has 0 saturated heterocycles. The van der Waals surface area contributed by atoms with Gasteiger partial charge in [-0.3, -0.25) is 0 Å². The van der Waals surface area contributed by atoms with Crippen LogP contribution in [0.2, 0.25) is 0 Å². The first-order valence-corrected chi connectivity index (χ1v) is 5.76. The lowest BCUT2D eigenvalue weighted by Gasteiger charge is -2.11. The summed E-state index contributed by atoms with van der Waals surface area (Å²) < 4.78 is 10.9. The maximum absolute atomic E-state index is 9.07. The molecule has 0 amide bonds. The Morgan fingerprint density at radius 1 is 1.11 bits per heavy atom. The van der Waals surface area contributed by atoms with E-state index in [9.17, 15) is 0 Å². The maximum Gasteiger partial charge on any atom is 0.154 e. The van der Waals surface area contributed by atoms with Gasteiger partial charge in [0.1, 0.15) is 17.6 Å². The molecule has 0 unspecified atom stereocenters.